The lowest BCUT2D eigenvalue weighted by Crippen LogP contribution is -2.41. The number of rotatable bonds is 4. The maximum Gasteiger partial charge on any atom is 0.245 e. The van der Waals surface area contributed by atoms with Crippen molar-refractivity contribution in [1.82, 2.24) is 0 Å². The highest BCUT2D eigenvalue weighted by Crippen LogP contribution is 2.36. The lowest BCUT2D eigenvalue weighted by Gasteiger charge is -2.28. The molecule has 1 aromatic carbocycles. The fourth-order valence-corrected chi connectivity index (χ4v) is 3.47. The van der Waals surface area contributed by atoms with Crippen molar-refractivity contribution in [3.8, 4) is 0 Å². The van der Waals surface area contributed by atoms with Gasteiger partial charge in [0, 0.05) is 0 Å². The Morgan fingerprint density at radius 1 is 1.28 bits per heavy atom. The Bertz CT molecular complexity index is 553. The van der Waals surface area contributed by atoms with Crippen LogP contribution in [0, 0.1) is 0 Å². The van der Waals surface area contributed by atoms with Crippen LogP contribution in [0.15, 0.2) is 18.2 Å². The highest BCUT2D eigenvalue weighted by atomic mass is 35.5. The first-order chi connectivity index (χ1) is 8.16. The van der Waals surface area contributed by atoms with Crippen LogP contribution in [0.4, 0.5) is 5.69 Å². The van der Waals surface area contributed by atoms with Crippen LogP contribution in [0.5, 0.6) is 0 Å². The van der Waals surface area contributed by atoms with E-state index in [1.54, 1.807) is 6.07 Å². The summed E-state index contributed by atoms with van der Waals surface area (Å²) in [5.41, 5.74) is 0.0461. The molecule has 0 aromatic heterocycles. The molecule has 0 fully saturated rings. The van der Waals surface area contributed by atoms with Gasteiger partial charge in [0.05, 0.1) is 22.0 Å². The molecule has 0 spiro atoms. The van der Waals surface area contributed by atoms with E-state index in [0.29, 0.717) is 0 Å². The molecule has 0 aliphatic rings. The second kappa shape index (κ2) is 5.65. The molecule has 100 valence electrons. The largest absolute Gasteiger partial charge is 0.279 e. The van der Waals surface area contributed by atoms with Crippen molar-refractivity contribution in [1.29, 1.82) is 0 Å². The molecule has 8 heteroatoms. The molecule has 1 atom stereocenters. The minimum absolute atomic E-state index is 0.0461. The van der Waals surface area contributed by atoms with Gasteiger partial charge in [0.2, 0.25) is 15.3 Å². The standard InChI is InChI=1S/C10H10Cl3NO3S/c1-6(10(13)15)14(18(2,16)17)9-7(11)4-3-5-8(9)12/h3-6H,1-2H3. The van der Waals surface area contributed by atoms with E-state index in [1.807, 2.05) is 0 Å². The smallest absolute Gasteiger partial charge is 0.245 e. The Kier molecular flexibility index (Phi) is 4.89. The zero-order chi connectivity index (χ0) is 14.1. The molecule has 0 aliphatic heterocycles. The van der Waals surface area contributed by atoms with E-state index in [0.717, 1.165) is 10.6 Å². The van der Waals surface area contributed by atoms with E-state index < -0.39 is 21.3 Å². The van der Waals surface area contributed by atoms with Crippen LogP contribution in [0.25, 0.3) is 0 Å². The number of carbonyl (C=O) groups excluding carboxylic acids is 1. The van der Waals surface area contributed by atoms with E-state index in [4.69, 9.17) is 34.8 Å². The van der Waals surface area contributed by atoms with Gasteiger partial charge in [-0.25, -0.2) is 8.42 Å². The third-order valence-electron chi connectivity index (χ3n) is 2.20. The van der Waals surface area contributed by atoms with Crippen LogP contribution < -0.4 is 4.31 Å². The summed E-state index contributed by atoms with van der Waals surface area (Å²) >= 11 is 17.2. The first-order valence-corrected chi connectivity index (χ1v) is 7.77. The van der Waals surface area contributed by atoms with Gasteiger partial charge in [-0.3, -0.25) is 9.10 Å². The van der Waals surface area contributed by atoms with Gasteiger partial charge in [0.15, 0.2) is 0 Å². The molecule has 0 radical (unpaired) electrons. The average molecular weight is 331 g/mol. The van der Waals surface area contributed by atoms with Crippen LogP contribution in [-0.2, 0) is 14.8 Å². The Balaban J connectivity index is 3.51. The van der Waals surface area contributed by atoms with Crippen LogP contribution in [0.1, 0.15) is 6.92 Å². The molecular formula is C10H10Cl3NO3S. The predicted octanol–water partition coefficient (Wildman–Crippen LogP) is 2.91. The first kappa shape index (κ1) is 15.6. The number of hydrogen-bond donors (Lipinski definition) is 0. The first-order valence-electron chi connectivity index (χ1n) is 4.79. The third kappa shape index (κ3) is 3.29. The summed E-state index contributed by atoms with van der Waals surface area (Å²) in [7, 11) is -3.75. The molecular weight excluding hydrogens is 321 g/mol. The monoisotopic (exact) mass is 329 g/mol. The molecule has 1 unspecified atom stereocenters. The molecule has 0 aliphatic carbocycles. The normalized spacial score (nSPS) is 13.2. The number of sulfonamides is 1. The highest BCUT2D eigenvalue weighted by molar-refractivity contribution is 7.92. The van der Waals surface area contributed by atoms with Gasteiger partial charge in [-0.1, -0.05) is 29.3 Å². The number of hydrogen-bond acceptors (Lipinski definition) is 3. The number of benzene rings is 1. The zero-order valence-electron chi connectivity index (χ0n) is 9.52. The van der Waals surface area contributed by atoms with E-state index in [9.17, 15) is 13.2 Å². The van der Waals surface area contributed by atoms with Crippen molar-refractivity contribution >= 4 is 55.8 Å². The summed E-state index contributed by atoms with van der Waals surface area (Å²) in [6.07, 6.45) is 0.947. The fourth-order valence-electron chi connectivity index (χ4n) is 1.44. The third-order valence-corrected chi connectivity index (χ3v) is 4.33. The molecule has 4 nitrogen and oxygen atoms in total. The van der Waals surface area contributed by atoms with E-state index in [2.05, 4.69) is 0 Å². The summed E-state index contributed by atoms with van der Waals surface area (Å²) in [6.45, 7) is 1.36. The lowest BCUT2D eigenvalue weighted by atomic mass is 10.3. The Morgan fingerprint density at radius 2 is 1.72 bits per heavy atom. The molecule has 1 aromatic rings. The number of para-hydroxylation sites is 1. The van der Waals surface area contributed by atoms with Crippen molar-refractivity contribution in [2.24, 2.45) is 0 Å². The molecule has 1 rings (SSSR count). The number of carbonyl (C=O) groups is 1. The molecule has 0 bridgehead atoms. The van der Waals surface area contributed by atoms with E-state index >= 15 is 0 Å². The number of nitrogens with zero attached hydrogens (tertiary/aromatic N) is 1. The van der Waals surface area contributed by atoms with Gasteiger partial charge >= 0.3 is 0 Å². The molecule has 18 heavy (non-hydrogen) atoms. The topological polar surface area (TPSA) is 54.5 Å². The van der Waals surface area contributed by atoms with Crippen LogP contribution >= 0.6 is 34.8 Å². The quantitative estimate of drug-likeness (QED) is 0.798. The molecule has 0 saturated carbocycles. The summed E-state index contributed by atoms with van der Waals surface area (Å²) in [5.74, 6) is 0. The van der Waals surface area contributed by atoms with Gasteiger partial charge in [-0.05, 0) is 30.7 Å². The summed E-state index contributed by atoms with van der Waals surface area (Å²) in [6, 6.07) is 3.43. The lowest BCUT2D eigenvalue weighted by molar-refractivity contribution is -0.112. The summed E-state index contributed by atoms with van der Waals surface area (Å²) < 4.78 is 24.4. The van der Waals surface area contributed by atoms with Crippen molar-refractivity contribution in [3.63, 3.8) is 0 Å². The molecule has 0 amide bonds. The summed E-state index contributed by atoms with van der Waals surface area (Å²) in [5, 5.41) is -0.577. The van der Waals surface area contributed by atoms with Crippen molar-refractivity contribution in [3.05, 3.63) is 28.2 Å². The van der Waals surface area contributed by atoms with Gasteiger partial charge in [0.1, 0.15) is 6.04 Å². The van der Waals surface area contributed by atoms with Gasteiger partial charge in [0.25, 0.3) is 0 Å². The Hall–Kier alpha value is -0.490. The second-order valence-electron chi connectivity index (χ2n) is 3.61. The van der Waals surface area contributed by atoms with Gasteiger partial charge in [-0.2, -0.15) is 0 Å². The van der Waals surface area contributed by atoms with Crippen LogP contribution in [0.3, 0.4) is 0 Å². The second-order valence-corrected chi connectivity index (χ2v) is 6.66. The predicted molar refractivity (Wildman–Crippen MR) is 74.1 cm³/mol. The highest BCUT2D eigenvalue weighted by Gasteiger charge is 2.31. The molecule has 0 N–H and O–H groups in total. The van der Waals surface area contributed by atoms with Crippen LogP contribution in [-0.4, -0.2) is 26.0 Å². The average Bonchev–Trinajstić information content (AvgIpc) is 2.20. The van der Waals surface area contributed by atoms with Crippen molar-refractivity contribution < 1.29 is 13.2 Å². The van der Waals surface area contributed by atoms with Crippen molar-refractivity contribution in [2.45, 2.75) is 13.0 Å². The number of halogens is 3. The zero-order valence-corrected chi connectivity index (χ0v) is 12.6. The minimum Gasteiger partial charge on any atom is -0.279 e. The SMILES string of the molecule is CC(C(=O)Cl)N(c1c(Cl)cccc1Cl)S(C)(=O)=O. The maximum atomic E-state index is 11.8. The van der Waals surface area contributed by atoms with Gasteiger partial charge in [-0.15, -0.1) is 0 Å². The van der Waals surface area contributed by atoms with Crippen LogP contribution in [0.2, 0.25) is 10.0 Å². The Labute approximate surface area is 120 Å². The van der Waals surface area contributed by atoms with Gasteiger partial charge < -0.3 is 0 Å². The molecule has 0 saturated heterocycles. The number of anilines is 1. The fraction of sp³-hybridized carbons (Fsp3) is 0.300. The Morgan fingerprint density at radius 3 is 2.06 bits per heavy atom. The summed E-state index contributed by atoms with van der Waals surface area (Å²) in [4.78, 5) is 11.2. The minimum atomic E-state index is -3.75. The molecule has 0 heterocycles. The van der Waals surface area contributed by atoms with Crippen molar-refractivity contribution in [2.75, 3.05) is 10.6 Å². The van der Waals surface area contributed by atoms with E-state index in [-0.39, 0.29) is 15.7 Å². The van der Waals surface area contributed by atoms with E-state index in [1.165, 1.54) is 19.1 Å². The maximum absolute atomic E-state index is 11.8.